The quantitative estimate of drug-likeness (QED) is 0.779. The first kappa shape index (κ1) is 17.3. The molecule has 23 heavy (non-hydrogen) atoms. The van der Waals surface area contributed by atoms with Crippen molar-refractivity contribution in [3.63, 3.8) is 0 Å². The Bertz CT molecular complexity index is 652. The molecular weight excluding hydrogens is 312 g/mol. The topological polar surface area (TPSA) is 74.4 Å². The maximum absolute atomic E-state index is 11.9. The SMILES string of the molecule is CCCOC(=O)C(CC)Oc1ccc(-c2nc(N)sc2C)cc1. The van der Waals surface area contributed by atoms with Crippen LogP contribution in [0.25, 0.3) is 11.3 Å². The third kappa shape index (κ3) is 4.45. The van der Waals surface area contributed by atoms with E-state index in [4.69, 9.17) is 15.2 Å². The van der Waals surface area contributed by atoms with E-state index in [1.807, 2.05) is 45.0 Å². The zero-order chi connectivity index (χ0) is 16.8. The van der Waals surface area contributed by atoms with Crippen LogP contribution in [-0.2, 0) is 9.53 Å². The fourth-order valence-electron chi connectivity index (χ4n) is 2.13. The molecule has 0 aliphatic heterocycles. The molecule has 1 heterocycles. The molecule has 1 aromatic heterocycles. The van der Waals surface area contributed by atoms with Crippen molar-refractivity contribution >= 4 is 22.4 Å². The van der Waals surface area contributed by atoms with E-state index in [0.29, 0.717) is 23.9 Å². The third-order valence-corrected chi connectivity index (χ3v) is 4.10. The van der Waals surface area contributed by atoms with E-state index in [1.165, 1.54) is 11.3 Å². The summed E-state index contributed by atoms with van der Waals surface area (Å²) < 4.78 is 10.9. The number of hydrogen-bond acceptors (Lipinski definition) is 6. The van der Waals surface area contributed by atoms with E-state index >= 15 is 0 Å². The predicted octanol–water partition coefficient (Wildman–Crippen LogP) is 3.81. The monoisotopic (exact) mass is 334 g/mol. The number of aromatic nitrogens is 1. The van der Waals surface area contributed by atoms with Gasteiger partial charge in [-0.3, -0.25) is 0 Å². The number of aryl methyl sites for hydroxylation is 1. The number of nitrogen functional groups attached to an aromatic ring is 1. The van der Waals surface area contributed by atoms with E-state index in [2.05, 4.69) is 4.98 Å². The summed E-state index contributed by atoms with van der Waals surface area (Å²) in [6.07, 6.45) is 0.781. The number of carbonyl (C=O) groups is 1. The summed E-state index contributed by atoms with van der Waals surface area (Å²) in [6, 6.07) is 7.50. The van der Waals surface area contributed by atoms with Gasteiger partial charge in [0.05, 0.1) is 12.3 Å². The highest BCUT2D eigenvalue weighted by molar-refractivity contribution is 7.15. The second-order valence-corrected chi connectivity index (χ2v) is 6.40. The van der Waals surface area contributed by atoms with Gasteiger partial charge in [0.1, 0.15) is 5.75 Å². The fourth-order valence-corrected chi connectivity index (χ4v) is 2.84. The highest BCUT2D eigenvalue weighted by atomic mass is 32.1. The van der Waals surface area contributed by atoms with Crippen LogP contribution < -0.4 is 10.5 Å². The van der Waals surface area contributed by atoms with Crippen molar-refractivity contribution in [2.45, 2.75) is 39.7 Å². The first-order chi connectivity index (χ1) is 11.0. The number of nitrogens with two attached hydrogens (primary N) is 1. The molecule has 0 bridgehead atoms. The summed E-state index contributed by atoms with van der Waals surface area (Å²) in [7, 11) is 0. The predicted molar refractivity (Wildman–Crippen MR) is 92.7 cm³/mol. The molecule has 2 aromatic rings. The van der Waals surface area contributed by atoms with E-state index in [9.17, 15) is 4.79 Å². The van der Waals surface area contributed by atoms with E-state index in [-0.39, 0.29) is 5.97 Å². The van der Waals surface area contributed by atoms with Crippen molar-refractivity contribution in [2.24, 2.45) is 0 Å². The Morgan fingerprint density at radius 3 is 2.52 bits per heavy atom. The van der Waals surface area contributed by atoms with Crippen molar-refractivity contribution in [1.82, 2.24) is 4.98 Å². The molecule has 1 aromatic carbocycles. The van der Waals surface area contributed by atoms with Gasteiger partial charge in [0.25, 0.3) is 0 Å². The molecule has 5 nitrogen and oxygen atoms in total. The minimum absolute atomic E-state index is 0.318. The Balaban J connectivity index is 2.07. The van der Waals surface area contributed by atoms with E-state index in [0.717, 1.165) is 22.6 Å². The smallest absolute Gasteiger partial charge is 0.347 e. The van der Waals surface area contributed by atoms with Crippen molar-refractivity contribution in [1.29, 1.82) is 0 Å². The molecule has 1 unspecified atom stereocenters. The largest absolute Gasteiger partial charge is 0.479 e. The van der Waals surface area contributed by atoms with Crippen LogP contribution in [0.4, 0.5) is 5.13 Å². The lowest BCUT2D eigenvalue weighted by molar-refractivity contribution is -0.152. The second kappa shape index (κ2) is 7.97. The molecule has 0 saturated heterocycles. The van der Waals surface area contributed by atoms with Crippen LogP contribution in [0.5, 0.6) is 5.75 Å². The molecule has 0 radical (unpaired) electrons. The van der Waals surface area contributed by atoms with Crippen molar-refractivity contribution in [3.05, 3.63) is 29.1 Å². The standard InChI is InChI=1S/C17H22N2O3S/c1-4-10-21-16(20)14(5-2)22-13-8-6-12(7-9-13)15-11(3)23-17(18)19-15/h6-9,14H,4-5,10H2,1-3H3,(H2,18,19). The Morgan fingerprint density at radius 1 is 1.30 bits per heavy atom. The zero-order valence-corrected chi connectivity index (χ0v) is 14.5. The normalized spacial score (nSPS) is 12.0. The number of esters is 1. The number of anilines is 1. The van der Waals surface area contributed by atoms with Crippen LogP contribution >= 0.6 is 11.3 Å². The van der Waals surface area contributed by atoms with E-state index < -0.39 is 6.10 Å². The lowest BCUT2D eigenvalue weighted by Gasteiger charge is -2.16. The molecule has 0 spiro atoms. The average molecular weight is 334 g/mol. The Hall–Kier alpha value is -2.08. The maximum Gasteiger partial charge on any atom is 0.347 e. The summed E-state index contributed by atoms with van der Waals surface area (Å²) in [6.45, 7) is 6.27. The fraction of sp³-hybridized carbons (Fsp3) is 0.412. The first-order valence-corrected chi connectivity index (χ1v) is 8.53. The summed E-state index contributed by atoms with van der Waals surface area (Å²) in [5.74, 6) is 0.316. The number of nitrogens with zero attached hydrogens (tertiary/aromatic N) is 1. The molecule has 0 amide bonds. The molecule has 0 aliphatic rings. The summed E-state index contributed by atoms with van der Waals surface area (Å²) in [5.41, 5.74) is 7.59. The van der Waals surface area contributed by atoms with Gasteiger partial charge in [0, 0.05) is 10.4 Å². The summed E-state index contributed by atoms with van der Waals surface area (Å²) >= 11 is 1.47. The second-order valence-electron chi connectivity index (χ2n) is 5.16. The number of rotatable bonds is 7. The minimum atomic E-state index is -0.580. The van der Waals surface area contributed by atoms with Crippen LogP contribution in [-0.4, -0.2) is 23.7 Å². The number of thiazole rings is 1. The maximum atomic E-state index is 11.9. The van der Waals surface area contributed by atoms with Crippen LogP contribution in [0.1, 0.15) is 31.6 Å². The van der Waals surface area contributed by atoms with Crippen LogP contribution in [0.15, 0.2) is 24.3 Å². The van der Waals surface area contributed by atoms with Gasteiger partial charge in [0.15, 0.2) is 11.2 Å². The lowest BCUT2D eigenvalue weighted by atomic mass is 10.1. The Labute approximate surface area is 140 Å². The van der Waals surface area contributed by atoms with Crippen molar-refractivity contribution in [3.8, 4) is 17.0 Å². The highest BCUT2D eigenvalue weighted by Crippen LogP contribution is 2.30. The third-order valence-electron chi connectivity index (χ3n) is 3.30. The number of carbonyl (C=O) groups excluding carboxylic acids is 1. The molecule has 2 N–H and O–H groups in total. The average Bonchev–Trinajstić information content (AvgIpc) is 2.89. The first-order valence-electron chi connectivity index (χ1n) is 7.71. The molecule has 6 heteroatoms. The zero-order valence-electron chi connectivity index (χ0n) is 13.7. The number of benzene rings is 1. The van der Waals surface area contributed by atoms with Gasteiger partial charge in [0.2, 0.25) is 0 Å². The number of hydrogen-bond donors (Lipinski definition) is 1. The van der Waals surface area contributed by atoms with Gasteiger partial charge >= 0.3 is 5.97 Å². The highest BCUT2D eigenvalue weighted by Gasteiger charge is 2.20. The molecule has 124 valence electrons. The van der Waals surface area contributed by atoms with Gasteiger partial charge in [-0.2, -0.15) is 0 Å². The van der Waals surface area contributed by atoms with E-state index in [1.54, 1.807) is 0 Å². The lowest BCUT2D eigenvalue weighted by Crippen LogP contribution is -2.28. The van der Waals surface area contributed by atoms with Crippen LogP contribution in [0.2, 0.25) is 0 Å². The van der Waals surface area contributed by atoms with Gasteiger partial charge in [-0.25, -0.2) is 9.78 Å². The summed E-state index contributed by atoms with van der Waals surface area (Å²) in [4.78, 5) is 17.3. The molecule has 2 rings (SSSR count). The molecule has 0 aliphatic carbocycles. The van der Waals surface area contributed by atoms with Gasteiger partial charge in [-0.15, -0.1) is 11.3 Å². The Kier molecular flexibility index (Phi) is 5.98. The van der Waals surface area contributed by atoms with Crippen molar-refractivity contribution < 1.29 is 14.3 Å². The molecule has 1 atom stereocenters. The number of ether oxygens (including phenoxy) is 2. The molecule has 0 fully saturated rings. The van der Waals surface area contributed by atoms with Gasteiger partial charge in [-0.05, 0) is 44.0 Å². The van der Waals surface area contributed by atoms with Crippen molar-refractivity contribution in [2.75, 3.05) is 12.3 Å². The molecule has 0 saturated carbocycles. The molecular formula is C17H22N2O3S. The van der Waals surface area contributed by atoms with Crippen LogP contribution in [0.3, 0.4) is 0 Å². The van der Waals surface area contributed by atoms with Crippen LogP contribution in [0, 0.1) is 6.92 Å². The van der Waals surface area contributed by atoms with Gasteiger partial charge in [-0.1, -0.05) is 13.8 Å². The Morgan fingerprint density at radius 2 is 2.00 bits per heavy atom. The summed E-state index contributed by atoms with van der Waals surface area (Å²) in [5, 5.41) is 0.558. The van der Waals surface area contributed by atoms with Gasteiger partial charge < -0.3 is 15.2 Å². The minimum Gasteiger partial charge on any atom is -0.479 e.